The van der Waals surface area contributed by atoms with Crippen LogP contribution in [0, 0.1) is 0 Å². The van der Waals surface area contributed by atoms with Gasteiger partial charge in [0, 0.05) is 0 Å². The third-order valence-corrected chi connectivity index (χ3v) is 1.79. The summed E-state index contributed by atoms with van der Waals surface area (Å²) in [5.41, 5.74) is 0. The summed E-state index contributed by atoms with van der Waals surface area (Å²) in [6, 6.07) is 0. The fourth-order valence-corrected chi connectivity index (χ4v) is 1.13. The van der Waals surface area contributed by atoms with E-state index in [0.717, 1.165) is 0 Å². The molecule has 0 aromatic heterocycles. The van der Waals surface area contributed by atoms with E-state index in [1.54, 1.807) is 0 Å². The number of allylic oxidation sites excluding steroid dienone is 6. The molecule has 0 bridgehead atoms. The predicted octanol–water partition coefficient (Wildman–Crippen LogP) is 3.62. The quantitative estimate of drug-likeness (QED) is 0.460. The van der Waals surface area contributed by atoms with E-state index >= 15 is 0 Å². The van der Waals surface area contributed by atoms with Gasteiger partial charge in [0.25, 0.3) is 0 Å². The lowest BCUT2D eigenvalue weighted by Gasteiger charge is -1.88. The van der Waals surface area contributed by atoms with Crippen molar-refractivity contribution in [2.45, 2.75) is 32.1 Å². The van der Waals surface area contributed by atoms with Crippen LogP contribution in [0.5, 0.6) is 0 Å². The molecule has 0 aromatic rings. The van der Waals surface area contributed by atoms with Crippen molar-refractivity contribution < 1.29 is 0 Å². The Morgan fingerprint density at radius 2 is 1.09 bits per heavy atom. The van der Waals surface area contributed by atoms with Crippen molar-refractivity contribution in [1.29, 1.82) is 0 Å². The zero-order valence-corrected chi connectivity index (χ0v) is 7.00. The first-order valence-corrected chi connectivity index (χ1v) is 4.47. The lowest BCUT2D eigenvalue weighted by Crippen LogP contribution is -1.68. The second kappa shape index (κ2) is 5.96. The van der Waals surface area contributed by atoms with Gasteiger partial charge in [-0.05, 0) is 32.1 Å². The summed E-state index contributed by atoms with van der Waals surface area (Å²) in [6.45, 7) is 0. The van der Waals surface area contributed by atoms with Gasteiger partial charge in [-0.2, -0.15) is 0 Å². The fourth-order valence-electron chi connectivity index (χ4n) is 1.13. The summed E-state index contributed by atoms with van der Waals surface area (Å²) in [6.07, 6.45) is 19.5. The van der Waals surface area contributed by atoms with E-state index in [4.69, 9.17) is 0 Å². The molecular formula is C11H16. The highest BCUT2D eigenvalue weighted by Crippen LogP contribution is 2.02. The van der Waals surface area contributed by atoms with Gasteiger partial charge in [-0.15, -0.1) is 0 Å². The van der Waals surface area contributed by atoms with Gasteiger partial charge in [-0.25, -0.2) is 0 Å². The fraction of sp³-hybridized carbons (Fsp3) is 0.455. The van der Waals surface area contributed by atoms with Crippen molar-refractivity contribution in [2.75, 3.05) is 0 Å². The molecule has 0 unspecified atom stereocenters. The normalized spacial score (nSPS) is 22.5. The molecule has 60 valence electrons. The summed E-state index contributed by atoms with van der Waals surface area (Å²) < 4.78 is 0. The Morgan fingerprint density at radius 1 is 0.545 bits per heavy atom. The first kappa shape index (κ1) is 8.32. The van der Waals surface area contributed by atoms with Crippen LogP contribution >= 0.6 is 0 Å². The van der Waals surface area contributed by atoms with Crippen LogP contribution < -0.4 is 0 Å². The van der Waals surface area contributed by atoms with Crippen LogP contribution in [-0.2, 0) is 0 Å². The molecule has 0 saturated heterocycles. The maximum atomic E-state index is 2.30. The van der Waals surface area contributed by atoms with Crippen LogP contribution in [0.3, 0.4) is 0 Å². The predicted molar refractivity (Wildman–Crippen MR) is 50.5 cm³/mol. The molecule has 0 heterocycles. The van der Waals surface area contributed by atoms with Crippen molar-refractivity contribution in [1.82, 2.24) is 0 Å². The molecule has 0 spiro atoms. The molecule has 0 nitrogen and oxygen atoms in total. The Balaban J connectivity index is 2.34. The highest BCUT2D eigenvalue weighted by Gasteiger charge is 1.82. The van der Waals surface area contributed by atoms with Gasteiger partial charge < -0.3 is 0 Å². The van der Waals surface area contributed by atoms with E-state index < -0.39 is 0 Å². The zero-order valence-electron chi connectivity index (χ0n) is 7.00. The Kier molecular flexibility index (Phi) is 4.51. The van der Waals surface area contributed by atoms with Crippen LogP contribution in [0.15, 0.2) is 36.5 Å². The minimum Gasteiger partial charge on any atom is -0.0885 e. The van der Waals surface area contributed by atoms with Gasteiger partial charge in [0.05, 0.1) is 0 Å². The lowest BCUT2D eigenvalue weighted by atomic mass is 10.2. The Hall–Kier alpha value is -0.780. The lowest BCUT2D eigenvalue weighted by molar-refractivity contribution is 0.864. The molecule has 0 aromatic carbocycles. The van der Waals surface area contributed by atoms with Crippen molar-refractivity contribution in [3.8, 4) is 0 Å². The third kappa shape index (κ3) is 4.60. The topological polar surface area (TPSA) is 0 Å². The van der Waals surface area contributed by atoms with Gasteiger partial charge in [0.1, 0.15) is 0 Å². The molecule has 0 atom stereocenters. The molecule has 0 amide bonds. The average molecular weight is 148 g/mol. The van der Waals surface area contributed by atoms with E-state index in [9.17, 15) is 0 Å². The molecule has 1 rings (SSSR count). The van der Waals surface area contributed by atoms with Crippen molar-refractivity contribution >= 4 is 0 Å². The molecule has 1 aliphatic rings. The van der Waals surface area contributed by atoms with Crippen LogP contribution in [-0.4, -0.2) is 0 Å². The zero-order chi connectivity index (χ0) is 7.78. The summed E-state index contributed by atoms with van der Waals surface area (Å²) in [4.78, 5) is 0. The van der Waals surface area contributed by atoms with Crippen LogP contribution in [0.25, 0.3) is 0 Å². The molecule has 0 aliphatic heterocycles. The van der Waals surface area contributed by atoms with Crippen LogP contribution in [0.1, 0.15) is 32.1 Å². The second-order valence-electron chi connectivity index (χ2n) is 2.84. The van der Waals surface area contributed by atoms with E-state index in [2.05, 4.69) is 36.5 Å². The molecule has 11 heavy (non-hydrogen) atoms. The average Bonchev–Trinajstić information content (AvgIpc) is 2.08. The largest absolute Gasteiger partial charge is 0.0885 e. The standard InChI is InChI=1S/C11H16/c1-2-4-6-8-10-11-9-7-5-3-1/h1-4,9,11H,5-8,10H2/b3-1?,4-2?,11-9-. The van der Waals surface area contributed by atoms with Crippen molar-refractivity contribution in [3.05, 3.63) is 36.5 Å². The SMILES string of the molecule is C1=CCC/C=C\CCCC=C1. The van der Waals surface area contributed by atoms with Gasteiger partial charge in [-0.1, -0.05) is 36.5 Å². The van der Waals surface area contributed by atoms with E-state index in [0.29, 0.717) is 0 Å². The number of rotatable bonds is 0. The highest BCUT2D eigenvalue weighted by molar-refractivity contribution is 5.03. The van der Waals surface area contributed by atoms with E-state index in [-0.39, 0.29) is 0 Å². The van der Waals surface area contributed by atoms with Gasteiger partial charge in [0.2, 0.25) is 0 Å². The smallest absolute Gasteiger partial charge is 0.0313 e. The second-order valence-corrected chi connectivity index (χ2v) is 2.84. The maximum Gasteiger partial charge on any atom is -0.0313 e. The monoisotopic (exact) mass is 148 g/mol. The summed E-state index contributed by atoms with van der Waals surface area (Å²) in [7, 11) is 0. The molecule has 0 N–H and O–H groups in total. The Morgan fingerprint density at radius 3 is 2.00 bits per heavy atom. The van der Waals surface area contributed by atoms with Gasteiger partial charge in [0.15, 0.2) is 0 Å². The molecule has 0 heteroatoms. The van der Waals surface area contributed by atoms with Gasteiger partial charge >= 0.3 is 0 Å². The Labute approximate surface area is 69.3 Å². The van der Waals surface area contributed by atoms with E-state index in [1.165, 1.54) is 32.1 Å². The number of hydrogen-bond donors (Lipinski definition) is 0. The maximum absolute atomic E-state index is 2.30. The Bertz CT molecular complexity index is 161. The molecule has 0 radical (unpaired) electrons. The van der Waals surface area contributed by atoms with Gasteiger partial charge in [-0.3, -0.25) is 0 Å². The molecular weight excluding hydrogens is 132 g/mol. The minimum atomic E-state index is 1.18. The third-order valence-electron chi connectivity index (χ3n) is 1.79. The van der Waals surface area contributed by atoms with Crippen molar-refractivity contribution in [2.24, 2.45) is 0 Å². The summed E-state index contributed by atoms with van der Waals surface area (Å²) in [5, 5.41) is 0. The van der Waals surface area contributed by atoms with Crippen molar-refractivity contribution in [3.63, 3.8) is 0 Å². The first-order valence-electron chi connectivity index (χ1n) is 4.47. The summed E-state index contributed by atoms with van der Waals surface area (Å²) in [5.74, 6) is 0. The highest BCUT2D eigenvalue weighted by atomic mass is 13.9. The number of hydrogen-bond acceptors (Lipinski definition) is 0. The molecule has 0 saturated carbocycles. The van der Waals surface area contributed by atoms with Crippen LogP contribution in [0.4, 0.5) is 0 Å². The minimum absolute atomic E-state index is 1.18. The van der Waals surface area contributed by atoms with Crippen LogP contribution in [0.2, 0.25) is 0 Å². The molecule has 0 fully saturated rings. The van der Waals surface area contributed by atoms with E-state index in [1.807, 2.05) is 0 Å². The molecule has 1 aliphatic carbocycles. The first-order chi connectivity index (χ1) is 5.50. The summed E-state index contributed by atoms with van der Waals surface area (Å²) >= 11 is 0.